The van der Waals surface area contributed by atoms with Gasteiger partial charge in [-0.3, -0.25) is 9.59 Å². The van der Waals surface area contributed by atoms with E-state index in [9.17, 15) is 9.59 Å². The molecule has 2 heterocycles. The molecule has 1 atom stereocenters. The number of carbonyl (C=O) groups is 2. The standard InChI is InChI=1S/C19H16ClN5O2/c20-13-1-5-15(6-2-13)24-10-9-17(19(24)27)18(26)23-14-3-7-16(8-4-14)25-12-21-11-22-25/h1-8,11-12,17H,9-10H2,(H,23,26). The van der Waals surface area contributed by atoms with Gasteiger partial charge in [-0.05, 0) is 55.0 Å². The van der Waals surface area contributed by atoms with Gasteiger partial charge >= 0.3 is 0 Å². The normalized spacial score (nSPS) is 16.6. The lowest BCUT2D eigenvalue weighted by molar-refractivity contribution is -0.129. The van der Waals surface area contributed by atoms with Crippen molar-refractivity contribution >= 4 is 34.8 Å². The van der Waals surface area contributed by atoms with Crippen LogP contribution in [-0.2, 0) is 9.59 Å². The SMILES string of the molecule is O=C(Nc1ccc(-n2cncn2)cc1)C1CCN(c2ccc(Cl)cc2)C1=O. The van der Waals surface area contributed by atoms with E-state index < -0.39 is 5.92 Å². The maximum atomic E-state index is 12.6. The zero-order valence-electron chi connectivity index (χ0n) is 14.2. The molecule has 1 aromatic heterocycles. The van der Waals surface area contributed by atoms with Crippen molar-refractivity contribution in [3.8, 4) is 5.69 Å². The van der Waals surface area contributed by atoms with E-state index in [1.807, 2.05) is 12.1 Å². The Balaban J connectivity index is 1.42. The van der Waals surface area contributed by atoms with Gasteiger partial charge in [0.1, 0.15) is 18.6 Å². The molecule has 1 fully saturated rings. The van der Waals surface area contributed by atoms with Gasteiger partial charge in [-0.1, -0.05) is 11.6 Å². The van der Waals surface area contributed by atoms with E-state index in [-0.39, 0.29) is 11.8 Å². The molecule has 1 N–H and O–H groups in total. The fourth-order valence-corrected chi connectivity index (χ4v) is 3.20. The first-order valence-electron chi connectivity index (χ1n) is 8.45. The first kappa shape index (κ1) is 17.2. The predicted molar refractivity (Wildman–Crippen MR) is 102 cm³/mol. The zero-order valence-corrected chi connectivity index (χ0v) is 15.0. The van der Waals surface area contributed by atoms with Crippen molar-refractivity contribution in [1.82, 2.24) is 14.8 Å². The predicted octanol–water partition coefficient (Wildman–Crippen LogP) is 2.91. The molecule has 1 aliphatic heterocycles. The van der Waals surface area contributed by atoms with Crippen molar-refractivity contribution in [3.05, 3.63) is 66.2 Å². The molecule has 1 unspecified atom stereocenters. The topological polar surface area (TPSA) is 80.1 Å². The van der Waals surface area contributed by atoms with Crippen LogP contribution in [0.1, 0.15) is 6.42 Å². The van der Waals surface area contributed by atoms with Gasteiger partial charge in [0.2, 0.25) is 11.8 Å². The first-order chi connectivity index (χ1) is 13.1. The Morgan fingerprint density at radius 2 is 1.78 bits per heavy atom. The highest BCUT2D eigenvalue weighted by Gasteiger charge is 2.37. The van der Waals surface area contributed by atoms with Crippen molar-refractivity contribution in [2.24, 2.45) is 5.92 Å². The summed E-state index contributed by atoms with van der Waals surface area (Å²) >= 11 is 5.89. The molecule has 2 aromatic carbocycles. The molecule has 8 heteroatoms. The summed E-state index contributed by atoms with van der Waals surface area (Å²) in [5.41, 5.74) is 2.20. The molecule has 136 valence electrons. The molecular weight excluding hydrogens is 366 g/mol. The number of halogens is 1. The van der Waals surface area contributed by atoms with E-state index in [1.54, 1.807) is 52.3 Å². The Morgan fingerprint density at radius 1 is 1.07 bits per heavy atom. The Bertz CT molecular complexity index is 955. The van der Waals surface area contributed by atoms with E-state index in [4.69, 9.17) is 11.6 Å². The van der Waals surface area contributed by atoms with E-state index in [0.717, 1.165) is 11.4 Å². The van der Waals surface area contributed by atoms with Crippen LogP contribution < -0.4 is 10.2 Å². The second-order valence-corrected chi connectivity index (χ2v) is 6.62. The van der Waals surface area contributed by atoms with Crippen molar-refractivity contribution in [3.63, 3.8) is 0 Å². The molecule has 2 amide bonds. The van der Waals surface area contributed by atoms with Crippen LogP contribution in [0.2, 0.25) is 5.02 Å². The highest BCUT2D eigenvalue weighted by molar-refractivity contribution is 6.30. The third-order valence-corrected chi connectivity index (χ3v) is 4.73. The fourth-order valence-electron chi connectivity index (χ4n) is 3.07. The lowest BCUT2D eigenvalue weighted by Crippen LogP contribution is -2.33. The summed E-state index contributed by atoms with van der Waals surface area (Å²) in [6, 6.07) is 14.2. The van der Waals surface area contributed by atoms with Gasteiger partial charge in [0.15, 0.2) is 0 Å². The molecule has 4 rings (SSSR count). The number of hydrogen-bond acceptors (Lipinski definition) is 4. The summed E-state index contributed by atoms with van der Waals surface area (Å²) in [4.78, 5) is 30.7. The quantitative estimate of drug-likeness (QED) is 0.704. The molecule has 7 nitrogen and oxygen atoms in total. The van der Waals surface area contributed by atoms with Crippen LogP contribution >= 0.6 is 11.6 Å². The van der Waals surface area contributed by atoms with Crippen molar-refractivity contribution in [2.75, 3.05) is 16.8 Å². The minimum Gasteiger partial charge on any atom is -0.325 e. The number of carbonyl (C=O) groups excluding carboxylic acids is 2. The molecule has 0 aliphatic carbocycles. The summed E-state index contributed by atoms with van der Waals surface area (Å²) in [6.45, 7) is 0.504. The van der Waals surface area contributed by atoms with Crippen LogP contribution in [0.4, 0.5) is 11.4 Å². The summed E-state index contributed by atoms with van der Waals surface area (Å²) in [5.74, 6) is -1.20. The monoisotopic (exact) mass is 381 g/mol. The number of nitrogens with zero attached hydrogens (tertiary/aromatic N) is 4. The molecule has 0 bridgehead atoms. The van der Waals surface area contributed by atoms with Gasteiger partial charge in [-0.25, -0.2) is 9.67 Å². The largest absolute Gasteiger partial charge is 0.325 e. The average molecular weight is 382 g/mol. The van der Waals surface area contributed by atoms with Gasteiger partial charge in [-0.2, -0.15) is 5.10 Å². The van der Waals surface area contributed by atoms with Crippen LogP contribution in [0.15, 0.2) is 61.2 Å². The Morgan fingerprint density at radius 3 is 2.44 bits per heavy atom. The molecule has 3 aromatic rings. The van der Waals surface area contributed by atoms with Crippen LogP contribution in [0.25, 0.3) is 5.69 Å². The second kappa shape index (κ2) is 7.20. The van der Waals surface area contributed by atoms with E-state index in [0.29, 0.717) is 23.7 Å². The number of rotatable bonds is 4. The van der Waals surface area contributed by atoms with Gasteiger partial charge < -0.3 is 10.2 Å². The van der Waals surface area contributed by atoms with Gasteiger partial charge in [0.25, 0.3) is 0 Å². The number of amides is 2. The van der Waals surface area contributed by atoms with Crippen molar-refractivity contribution in [1.29, 1.82) is 0 Å². The lowest BCUT2D eigenvalue weighted by Gasteiger charge is -2.17. The average Bonchev–Trinajstić information content (AvgIpc) is 3.33. The van der Waals surface area contributed by atoms with Crippen LogP contribution in [0.3, 0.4) is 0 Å². The summed E-state index contributed by atoms with van der Waals surface area (Å²) in [7, 11) is 0. The van der Waals surface area contributed by atoms with Gasteiger partial charge in [0.05, 0.1) is 5.69 Å². The van der Waals surface area contributed by atoms with Crippen LogP contribution in [0, 0.1) is 5.92 Å². The van der Waals surface area contributed by atoms with E-state index in [2.05, 4.69) is 15.4 Å². The van der Waals surface area contributed by atoms with E-state index in [1.165, 1.54) is 6.33 Å². The van der Waals surface area contributed by atoms with Crippen molar-refractivity contribution < 1.29 is 9.59 Å². The maximum Gasteiger partial charge on any atom is 0.239 e. The van der Waals surface area contributed by atoms with Gasteiger partial charge in [0, 0.05) is 22.9 Å². The fraction of sp³-hybridized carbons (Fsp3) is 0.158. The van der Waals surface area contributed by atoms with Gasteiger partial charge in [-0.15, -0.1) is 0 Å². The lowest BCUT2D eigenvalue weighted by atomic mass is 10.1. The van der Waals surface area contributed by atoms with Crippen LogP contribution in [-0.4, -0.2) is 33.1 Å². The molecule has 0 spiro atoms. The first-order valence-corrected chi connectivity index (χ1v) is 8.82. The maximum absolute atomic E-state index is 12.6. The van der Waals surface area contributed by atoms with Crippen molar-refractivity contribution in [2.45, 2.75) is 6.42 Å². The minimum absolute atomic E-state index is 0.200. The Kier molecular flexibility index (Phi) is 4.60. The minimum atomic E-state index is -0.698. The number of aromatic nitrogens is 3. The van der Waals surface area contributed by atoms with Crippen LogP contribution in [0.5, 0.6) is 0 Å². The molecule has 0 saturated carbocycles. The highest BCUT2D eigenvalue weighted by Crippen LogP contribution is 2.27. The smallest absolute Gasteiger partial charge is 0.239 e. The zero-order chi connectivity index (χ0) is 18.8. The molecule has 27 heavy (non-hydrogen) atoms. The molecule has 1 saturated heterocycles. The molecule has 0 radical (unpaired) electrons. The highest BCUT2D eigenvalue weighted by atomic mass is 35.5. The number of anilines is 2. The summed E-state index contributed by atoms with van der Waals surface area (Å²) < 4.78 is 1.62. The third kappa shape index (κ3) is 3.54. The van der Waals surface area contributed by atoms with E-state index >= 15 is 0 Å². The number of nitrogens with one attached hydrogen (secondary N) is 1. The summed E-state index contributed by atoms with van der Waals surface area (Å²) in [5, 5.41) is 7.47. The Hall–Kier alpha value is -3.19. The number of benzene rings is 2. The second-order valence-electron chi connectivity index (χ2n) is 6.18. The third-order valence-electron chi connectivity index (χ3n) is 4.48. The molecular formula is C19H16ClN5O2. The number of hydrogen-bond donors (Lipinski definition) is 1. The molecule has 1 aliphatic rings. The summed E-state index contributed by atoms with van der Waals surface area (Å²) in [6.07, 6.45) is 3.52. The Labute approximate surface area is 160 Å².